The van der Waals surface area contributed by atoms with Gasteiger partial charge in [0, 0.05) is 17.4 Å². The average molecular weight is 309 g/mol. The Labute approximate surface area is 124 Å². The van der Waals surface area contributed by atoms with Crippen LogP contribution in [-0.2, 0) is 4.79 Å². The van der Waals surface area contributed by atoms with Gasteiger partial charge in [-0.1, -0.05) is 57.3 Å². The van der Waals surface area contributed by atoms with E-state index in [9.17, 15) is 4.79 Å². The van der Waals surface area contributed by atoms with Crippen LogP contribution in [0.4, 0.5) is 0 Å². The number of aliphatic imine (C=N–C) groups is 1. The Morgan fingerprint density at radius 1 is 1.40 bits per heavy atom. The molecule has 1 aromatic carbocycles. The molecule has 1 heterocycles. The molecule has 1 aromatic rings. The fraction of sp³-hybridized carbons (Fsp3) is 0.286. The minimum absolute atomic E-state index is 0.0228. The maximum Gasteiger partial charge on any atom is 0.225 e. The predicted molar refractivity (Wildman–Crippen MR) is 90.2 cm³/mol. The van der Waals surface area contributed by atoms with Crippen molar-refractivity contribution in [2.45, 2.75) is 19.8 Å². The quantitative estimate of drug-likeness (QED) is 0.839. The molecule has 0 saturated carbocycles. The lowest BCUT2D eigenvalue weighted by atomic mass is 10.2. The normalized spacial score (nSPS) is 24.6. The summed E-state index contributed by atoms with van der Waals surface area (Å²) in [6, 6.07) is 9.88. The van der Waals surface area contributed by atoms with E-state index in [-0.39, 0.29) is 5.91 Å². The van der Waals surface area contributed by atoms with E-state index in [1.165, 1.54) is 0 Å². The summed E-state index contributed by atoms with van der Waals surface area (Å²) in [5, 5.41) is 11.9. The first-order chi connectivity index (χ1) is 9.59. The van der Waals surface area contributed by atoms with Gasteiger partial charge < -0.3 is 5.32 Å². The summed E-state index contributed by atoms with van der Waals surface area (Å²) in [6.07, 6.45) is 3.25. The number of amidine groups is 1. The molecule has 1 amide bonds. The number of amides is 1. The molecule has 1 aliphatic rings. The molecule has 3 N–H and O–H groups in total. The lowest BCUT2D eigenvalue weighted by Gasteiger charge is -2.27. The third-order valence-electron chi connectivity index (χ3n) is 2.88. The van der Waals surface area contributed by atoms with E-state index in [4.69, 9.17) is 5.14 Å². The van der Waals surface area contributed by atoms with Crippen molar-refractivity contribution in [2.75, 3.05) is 6.26 Å². The van der Waals surface area contributed by atoms with Crippen LogP contribution in [0.3, 0.4) is 0 Å². The predicted octanol–water partition coefficient (Wildman–Crippen LogP) is 3.23. The number of benzene rings is 1. The molecule has 4 nitrogen and oxygen atoms in total. The number of rotatable bonds is 4. The third kappa shape index (κ3) is 3.26. The van der Waals surface area contributed by atoms with Crippen LogP contribution in [0.1, 0.15) is 25.3 Å². The zero-order valence-corrected chi connectivity index (χ0v) is 13.3. The summed E-state index contributed by atoms with van der Waals surface area (Å²) in [7, 11) is -0.180. The standard InChI is InChI=1S/C14H19N3OS2/c1-3-7-13(18)17-14-16-12(10-20(14,15)19-2)11-8-5-4-6-9-11/h4-6,8-10H,3,7,15H2,1-2H3,(H,16,17,18). The van der Waals surface area contributed by atoms with E-state index in [0.717, 1.165) is 17.7 Å². The van der Waals surface area contributed by atoms with Crippen molar-refractivity contribution in [1.82, 2.24) is 5.32 Å². The Hall–Kier alpha value is -1.24. The lowest BCUT2D eigenvalue weighted by Crippen LogP contribution is -2.33. The van der Waals surface area contributed by atoms with Crippen LogP contribution < -0.4 is 10.5 Å². The van der Waals surface area contributed by atoms with Crippen LogP contribution in [0.25, 0.3) is 5.70 Å². The largest absolute Gasteiger partial charge is 0.305 e. The van der Waals surface area contributed by atoms with Gasteiger partial charge in [-0.05, 0) is 12.7 Å². The average Bonchev–Trinajstić information content (AvgIpc) is 2.78. The number of carbonyl (C=O) groups is 1. The van der Waals surface area contributed by atoms with Gasteiger partial charge in [-0.25, -0.2) is 4.99 Å². The Kier molecular flexibility index (Phi) is 4.91. The molecule has 2 rings (SSSR count). The van der Waals surface area contributed by atoms with Gasteiger partial charge in [0.25, 0.3) is 0 Å². The molecule has 0 radical (unpaired) electrons. The fourth-order valence-corrected chi connectivity index (χ4v) is 4.49. The number of hydrogen-bond donors (Lipinski definition) is 2. The van der Waals surface area contributed by atoms with Gasteiger partial charge in [0.05, 0.1) is 5.70 Å². The molecule has 1 aliphatic heterocycles. The Bertz CT molecular complexity index is 557. The summed E-state index contributed by atoms with van der Waals surface area (Å²) in [4.78, 5) is 16.3. The fourth-order valence-electron chi connectivity index (χ4n) is 1.81. The highest BCUT2D eigenvalue weighted by Gasteiger charge is 2.30. The number of nitrogens with two attached hydrogens (primary N) is 1. The van der Waals surface area contributed by atoms with Crippen LogP contribution in [0.15, 0.2) is 40.7 Å². The highest BCUT2D eigenvalue weighted by molar-refractivity contribution is 9.00. The first-order valence-electron chi connectivity index (χ1n) is 6.41. The molecule has 1 unspecified atom stereocenters. The maximum absolute atomic E-state index is 11.8. The molecule has 6 heteroatoms. The van der Waals surface area contributed by atoms with Crippen molar-refractivity contribution in [2.24, 2.45) is 10.1 Å². The summed E-state index contributed by atoms with van der Waals surface area (Å²) < 4.78 is 0. The molecule has 20 heavy (non-hydrogen) atoms. The van der Waals surface area contributed by atoms with Crippen molar-refractivity contribution in [3.8, 4) is 0 Å². The second kappa shape index (κ2) is 6.47. The Morgan fingerprint density at radius 3 is 2.70 bits per heavy atom. The van der Waals surface area contributed by atoms with Crippen molar-refractivity contribution in [3.05, 3.63) is 41.3 Å². The first-order valence-corrected chi connectivity index (χ1v) is 9.91. The molecule has 0 bridgehead atoms. The van der Waals surface area contributed by atoms with E-state index < -0.39 is 9.25 Å². The SMILES string of the molecule is CCCC(=O)NC1=NC(c2ccccc2)=CS1(N)SC. The van der Waals surface area contributed by atoms with Crippen molar-refractivity contribution in [3.63, 3.8) is 0 Å². The minimum atomic E-state index is -1.72. The number of carbonyl (C=O) groups excluding carboxylic acids is 1. The Morgan fingerprint density at radius 2 is 2.10 bits per heavy atom. The van der Waals surface area contributed by atoms with Gasteiger partial charge in [0.2, 0.25) is 5.91 Å². The zero-order valence-electron chi connectivity index (χ0n) is 11.6. The van der Waals surface area contributed by atoms with Gasteiger partial charge >= 0.3 is 0 Å². The van der Waals surface area contributed by atoms with E-state index in [0.29, 0.717) is 11.6 Å². The summed E-state index contributed by atoms with van der Waals surface area (Å²) in [5.41, 5.74) is 1.85. The monoisotopic (exact) mass is 309 g/mol. The van der Waals surface area contributed by atoms with Crippen molar-refractivity contribution < 1.29 is 4.79 Å². The molecule has 108 valence electrons. The molecule has 0 saturated heterocycles. The number of nitrogens with one attached hydrogen (secondary N) is 1. The number of hydrogen-bond acceptors (Lipinski definition) is 4. The second-order valence-electron chi connectivity index (χ2n) is 4.40. The zero-order chi connectivity index (χ0) is 14.6. The summed E-state index contributed by atoms with van der Waals surface area (Å²) >= 11 is 0. The molecular weight excluding hydrogens is 290 g/mol. The molecule has 1 atom stereocenters. The summed E-state index contributed by atoms with van der Waals surface area (Å²) in [5.74, 6) is -0.0228. The van der Waals surface area contributed by atoms with E-state index in [1.807, 2.05) is 48.9 Å². The van der Waals surface area contributed by atoms with E-state index in [2.05, 4.69) is 10.3 Å². The van der Waals surface area contributed by atoms with Crippen molar-refractivity contribution in [1.29, 1.82) is 0 Å². The highest BCUT2D eigenvalue weighted by atomic mass is 33.2. The van der Waals surface area contributed by atoms with Gasteiger partial charge in [-0.2, -0.15) is 0 Å². The van der Waals surface area contributed by atoms with Crippen LogP contribution in [0.5, 0.6) is 0 Å². The van der Waals surface area contributed by atoms with Gasteiger partial charge in [-0.3, -0.25) is 9.93 Å². The van der Waals surface area contributed by atoms with E-state index >= 15 is 0 Å². The van der Waals surface area contributed by atoms with E-state index in [1.54, 1.807) is 10.8 Å². The molecule has 0 aromatic heterocycles. The topological polar surface area (TPSA) is 67.5 Å². The Balaban J connectivity index is 2.26. The molecule has 0 aliphatic carbocycles. The second-order valence-corrected chi connectivity index (χ2v) is 9.30. The molecule has 0 spiro atoms. The lowest BCUT2D eigenvalue weighted by molar-refractivity contribution is -0.119. The minimum Gasteiger partial charge on any atom is -0.305 e. The van der Waals surface area contributed by atoms with Gasteiger partial charge in [0.1, 0.15) is 0 Å². The molecular formula is C14H19N3OS2. The molecule has 0 fully saturated rings. The smallest absolute Gasteiger partial charge is 0.225 e. The number of nitrogens with zero attached hydrogens (tertiary/aromatic N) is 1. The van der Waals surface area contributed by atoms with Crippen LogP contribution >= 0.6 is 20.0 Å². The van der Waals surface area contributed by atoms with Crippen LogP contribution in [0.2, 0.25) is 0 Å². The summed E-state index contributed by atoms with van der Waals surface area (Å²) in [6.45, 7) is 1.97. The van der Waals surface area contributed by atoms with Gasteiger partial charge in [0.15, 0.2) is 5.17 Å². The highest BCUT2D eigenvalue weighted by Crippen LogP contribution is 2.58. The first kappa shape index (κ1) is 15.2. The van der Waals surface area contributed by atoms with Crippen LogP contribution in [-0.4, -0.2) is 17.3 Å². The van der Waals surface area contributed by atoms with Gasteiger partial charge in [-0.15, -0.1) is 0 Å². The van der Waals surface area contributed by atoms with Crippen LogP contribution in [0, 0.1) is 0 Å². The maximum atomic E-state index is 11.8. The van der Waals surface area contributed by atoms with Crippen molar-refractivity contribution >= 4 is 36.8 Å². The third-order valence-corrected chi connectivity index (χ3v) is 7.22.